The lowest BCUT2D eigenvalue weighted by molar-refractivity contribution is 0.208. The Balaban J connectivity index is 3.74. The number of aliphatic hydroxyl groups is 2. The Morgan fingerprint density at radius 3 is 1.96 bits per heavy atom. The normalized spacial score (nSPS) is 15.3. The molecule has 2 N–H and O–H groups in total. The number of hydrogen-bond donors (Lipinski definition) is 2. The third-order valence-corrected chi connectivity index (χ3v) is 3.87. The van der Waals surface area contributed by atoms with Gasteiger partial charge in [-0.1, -0.05) is 101 Å². The summed E-state index contributed by atoms with van der Waals surface area (Å²) in [6, 6.07) is 0. The number of unbranched alkanes of at least 4 members (excludes halogenated alkanes) is 6. The van der Waals surface area contributed by atoms with Gasteiger partial charge in [0.25, 0.3) is 0 Å². The molecule has 0 aliphatic carbocycles. The third kappa shape index (κ3) is 17.2. The van der Waals surface area contributed by atoms with E-state index in [1.54, 1.807) is 6.08 Å². The van der Waals surface area contributed by atoms with Crippen LogP contribution < -0.4 is 0 Å². The topological polar surface area (TPSA) is 40.5 Å². The minimum atomic E-state index is -0.426. The molecule has 0 bridgehead atoms. The standard InChI is InChI=1S/C22H38O2/c1-3-5-7-8-9-10-14-18-22(24)20-16-12-11-15-19-21(23)17-13-6-4-2/h10-12,14-16,19-24H,3-9,13,17-18H2,1-2H3/b12-11+,14-10-,19-15-,20-16+/t21-,22+/m1/s1. The first-order valence-corrected chi connectivity index (χ1v) is 9.73. The van der Waals surface area contributed by atoms with E-state index in [9.17, 15) is 10.2 Å². The fraction of sp³-hybridized carbons (Fsp3) is 0.636. The van der Waals surface area contributed by atoms with Crippen molar-refractivity contribution in [2.75, 3.05) is 0 Å². The molecule has 0 saturated heterocycles. The van der Waals surface area contributed by atoms with Gasteiger partial charge < -0.3 is 10.2 Å². The zero-order valence-corrected chi connectivity index (χ0v) is 15.7. The summed E-state index contributed by atoms with van der Waals surface area (Å²) in [4.78, 5) is 0. The van der Waals surface area contributed by atoms with Crippen LogP contribution in [0.25, 0.3) is 0 Å². The maximum absolute atomic E-state index is 9.83. The molecule has 0 rings (SSSR count). The molecule has 0 spiro atoms. The zero-order valence-electron chi connectivity index (χ0n) is 15.7. The highest BCUT2D eigenvalue weighted by molar-refractivity contribution is 5.13. The molecular weight excluding hydrogens is 296 g/mol. The largest absolute Gasteiger partial charge is 0.389 e. The summed E-state index contributed by atoms with van der Waals surface area (Å²) in [5.41, 5.74) is 0. The Morgan fingerprint density at radius 1 is 0.667 bits per heavy atom. The van der Waals surface area contributed by atoms with Crippen LogP contribution in [0.5, 0.6) is 0 Å². The summed E-state index contributed by atoms with van der Waals surface area (Å²) in [5.74, 6) is 0. The minimum Gasteiger partial charge on any atom is -0.389 e. The van der Waals surface area contributed by atoms with Crippen molar-refractivity contribution in [1.29, 1.82) is 0 Å². The molecule has 0 aliphatic heterocycles. The van der Waals surface area contributed by atoms with Gasteiger partial charge >= 0.3 is 0 Å². The Morgan fingerprint density at radius 2 is 1.29 bits per heavy atom. The highest BCUT2D eigenvalue weighted by Gasteiger charge is 1.96. The van der Waals surface area contributed by atoms with E-state index in [0.29, 0.717) is 6.42 Å². The second-order valence-electron chi connectivity index (χ2n) is 6.34. The lowest BCUT2D eigenvalue weighted by Gasteiger charge is -2.02. The molecule has 0 saturated carbocycles. The fourth-order valence-corrected chi connectivity index (χ4v) is 2.33. The van der Waals surface area contributed by atoms with E-state index >= 15 is 0 Å². The highest BCUT2D eigenvalue weighted by atomic mass is 16.3. The van der Waals surface area contributed by atoms with Crippen LogP contribution in [0, 0.1) is 0 Å². The van der Waals surface area contributed by atoms with Crippen molar-refractivity contribution >= 4 is 0 Å². The molecule has 2 heteroatoms. The molecule has 2 nitrogen and oxygen atoms in total. The van der Waals surface area contributed by atoms with Crippen molar-refractivity contribution in [2.45, 2.75) is 90.3 Å². The van der Waals surface area contributed by atoms with Gasteiger partial charge in [-0.2, -0.15) is 0 Å². The Bertz CT molecular complexity index is 366. The quantitative estimate of drug-likeness (QED) is 0.223. The van der Waals surface area contributed by atoms with E-state index in [4.69, 9.17) is 0 Å². The van der Waals surface area contributed by atoms with Gasteiger partial charge in [0.2, 0.25) is 0 Å². The van der Waals surface area contributed by atoms with Crippen LogP contribution in [0.15, 0.2) is 48.6 Å². The first-order valence-electron chi connectivity index (χ1n) is 9.73. The van der Waals surface area contributed by atoms with Gasteiger partial charge in [0.05, 0.1) is 12.2 Å². The van der Waals surface area contributed by atoms with Crippen molar-refractivity contribution in [1.82, 2.24) is 0 Å². The molecule has 0 unspecified atom stereocenters. The van der Waals surface area contributed by atoms with Crippen LogP contribution in [-0.2, 0) is 0 Å². The smallest absolute Gasteiger partial charge is 0.0758 e. The van der Waals surface area contributed by atoms with E-state index in [1.165, 1.54) is 38.5 Å². The average Bonchev–Trinajstić information content (AvgIpc) is 2.57. The summed E-state index contributed by atoms with van der Waals surface area (Å²) in [6.07, 6.45) is 25.7. The second kappa shape index (κ2) is 18.2. The van der Waals surface area contributed by atoms with Crippen molar-refractivity contribution in [3.05, 3.63) is 48.6 Å². The first kappa shape index (κ1) is 22.9. The fourth-order valence-electron chi connectivity index (χ4n) is 2.33. The molecule has 0 aromatic rings. The zero-order chi connectivity index (χ0) is 17.9. The van der Waals surface area contributed by atoms with Gasteiger partial charge in [-0.05, 0) is 25.7 Å². The third-order valence-electron chi connectivity index (χ3n) is 3.87. The molecule has 0 aromatic heterocycles. The second-order valence-corrected chi connectivity index (χ2v) is 6.34. The maximum atomic E-state index is 9.83. The Hall–Kier alpha value is -1.12. The predicted molar refractivity (Wildman–Crippen MR) is 106 cm³/mol. The Kier molecular flexibility index (Phi) is 17.4. The van der Waals surface area contributed by atoms with Crippen LogP contribution >= 0.6 is 0 Å². The number of allylic oxidation sites excluding steroid dienone is 5. The highest BCUT2D eigenvalue weighted by Crippen LogP contribution is 2.05. The maximum Gasteiger partial charge on any atom is 0.0758 e. The molecular formula is C22H38O2. The molecule has 0 amide bonds. The van der Waals surface area contributed by atoms with Gasteiger partial charge in [-0.25, -0.2) is 0 Å². The van der Waals surface area contributed by atoms with E-state index < -0.39 is 6.10 Å². The van der Waals surface area contributed by atoms with Crippen LogP contribution in [0.1, 0.15) is 78.1 Å². The Labute approximate surface area is 149 Å². The summed E-state index contributed by atoms with van der Waals surface area (Å²) in [5, 5.41) is 19.5. The van der Waals surface area contributed by atoms with E-state index in [2.05, 4.69) is 26.0 Å². The molecule has 24 heavy (non-hydrogen) atoms. The van der Waals surface area contributed by atoms with Gasteiger partial charge in [0, 0.05) is 0 Å². The van der Waals surface area contributed by atoms with Crippen molar-refractivity contribution in [3.8, 4) is 0 Å². The van der Waals surface area contributed by atoms with Crippen LogP contribution in [0.3, 0.4) is 0 Å². The van der Waals surface area contributed by atoms with Crippen molar-refractivity contribution < 1.29 is 10.2 Å². The summed E-state index contributed by atoms with van der Waals surface area (Å²) in [6.45, 7) is 4.38. The monoisotopic (exact) mass is 334 g/mol. The number of aliphatic hydroxyl groups excluding tert-OH is 2. The van der Waals surface area contributed by atoms with Crippen LogP contribution in [0.2, 0.25) is 0 Å². The minimum absolute atomic E-state index is 0.349. The molecule has 0 radical (unpaired) electrons. The van der Waals surface area contributed by atoms with Crippen LogP contribution in [0.4, 0.5) is 0 Å². The first-order chi connectivity index (χ1) is 11.7. The molecule has 0 fully saturated rings. The molecule has 0 aliphatic rings. The van der Waals surface area contributed by atoms with E-state index in [0.717, 1.165) is 19.3 Å². The molecule has 2 atom stereocenters. The van der Waals surface area contributed by atoms with Gasteiger partial charge in [0.1, 0.15) is 0 Å². The summed E-state index contributed by atoms with van der Waals surface area (Å²) in [7, 11) is 0. The number of rotatable bonds is 15. The van der Waals surface area contributed by atoms with Crippen molar-refractivity contribution in [3.63, 3.8) is 0 Å². The van der Waals surface area contributed by atoms with Crippen LogP contribution in [-0.4, -0.2) is 22.4 Å². The lowest BCUT2D eigenvalue weighted by Crippen LogP contribution is -2.00. The average molecular weight is 335 g/mol. The molecule has 138 valence electrons. The van der Waals surface area contributed by atoms with Gasteiger partial charge in [-0.15, -0.1) is 0 Å². The molecule has 0 heterocycles. The summed E-state index contributed by atoms with van der Waals surface area (Å²) >= 11 is 0. The SMILES string of the molecule is CCCCCC/C=C\C[C@H](O)/C=C/C=C/C=C\[C@H](O)CCCCC. The van der Waals surface area contributed by atoms with E-state index in [-0.39, 0.29) is 6.10 Å². The molecule has 0 aromatic carbocycles. The van der Waals surface area contributed by atoms with Gasteiger partial charge in [-0.3, -0.25) is 0 Å². The summed E-state index contributed by atoms with van der Waals surface area (Å²) < 4.78 is 0. The van der Waals surface area contributed by atoms with Crippen molar-refractivity contribution in [2.24, 2.45) is 0 Å². The predicted octanol–water partition coefficient (Wildman–Crippen LogP) is 5.87. The lowest BCUT2D eigenvalue weighted by atomic mass is 10.1. The van der Waals surface area contributed by atoms with E-state index in [1.807, 2.05) is 30.4 Å². The van der Waals surface area contributed by atoms with Gasteiger partial charge in [0.15, 0.2) is 0 Å². The number of hydrogen-bond acceptors (Lipinski definition) is 2.